The van der Waals surface area contributed by atoms with Crippen LogP contribution in [0, 0.1) is 11.8 Å². The van der Waals surface area contributed by atoms with Crippen LogP contribution in [-0.4, -0.2) is 18.5 Å². The Morgan fingerprint density at radius 3 is 2.18 bits per heavy atom. The number of nitrogens with two attached hydrogens (primary N) is 1. The molecule has 0 saturated carbocycles. The number of nitrogens with one attached hydrogen (secondary N) is 1. The molecule has 0 aromatic heterocycles. The Labute approximate surface area is 141 Å². The molecule has 0 heterocycles. The predicted molar refractivity (Wildman–Crippen MR) is 96.3 cm³/mol. The van der Waals surface area contributed by atoms with E-state index in [2.05, 4.69) is 45.1 Å². The number of amides is 1. The highest BCUT2D eigenvalue weighted by atomic mass is 35.5. The van der Waals surface area contributed by atoms with Gasteiger partial charge in [-0.2, -0.15) is 0 Å². The second kappa shape index (κ2) is 10.6. The summed E-state index contributed by atoms with van der Waals surface area (Å²) in [6, 6.07) is 10.4. The lowest BCUT2D eigenvalue weighted by Gasteiger charge is -2.24. The number of carbonyl (C=O) groups is 1. The van der Waals surface area contributed by atoms with E-state index in [1.165, 1.54) is 5.56 Å². The largest absolute Gasteiger partial charge is 0.352 e. The first-order valence-electron chi connectivity index (χ1n) is 7.98. The van der Waals surface area contributed by atoms with Gasteiger partial charge in [-0.1, -0.05) is 58.0 Å². The predicted octanol–water partition coefficient (Wildman–Crippen LogP) is 3.73. The van der Waals surface area contributed by atoms with Crippen LogP contribution in [0.25, 0.3) is 0 Å². The van der Waals surface area contributed by atoms with Crippen LogP contribution in [0.4, 0.5) is 0 Å². The summed E-state index contributed by atoms with van der Waals surface area (Å²) in [6.45, 7) is 9.13. The SMILES string of the molecule is CC(C)CC(CN)NC(=O)CC(c1ccccc1)C(C)C.Cl. The van der Waals surface area contributed by atoms with Crippen molar-refractivity contribution in [1.82, 2.24) is 5.32 Å². The molecule has 0 aliphatic rings. The number of rotatable bonds is 8. The zero-order valence-corrected chi connectivity index (χ0v) is 15.0. The molecule has 2 atom stereocenters. The highest BCUT2D eigenvalue weighted by Crippen LogP contribution is 2.27. The summed E-state index contributed by atoms with van der Waals surface area (Å²) in [5.41, 5.74) is 6.99. The van der Waals surface area contributed by atoms with E-state index in [9.17, 15) is 4.79 Å². The van der Waals surface area contributed by atoms with Crippen molar-refractivity contribution in [2.75, 3.05) is 6.54 Å². The van der Waals surface area contributed by atoms with Crippen LogP contribution in [0.2, 0.25) is 0 Å². The summed E-state index contributed by atoms with van der Waals surface area (Å²) in [4.78, 5) is 12.3. The lowest BCUT2D eigenvalue weighted by atomic mass is 9.85. The van der Waals surface area contributed by atoms with Gasteiger partial charge in [0.25, 0.3) is 0 Å². The van der Waals surface area contributed by atoms with E-state index < -0.39 is 0 Å². The van der Waals surface area contributed by atoms with Gasteiger partial charge in [0.1, 0.15) is 0 Å². The van der Waals surface area contributed by atoms with Crippen molar-refractivity contribution in [3.05, 3.63) is 35.9 Å². The van der Waals surface area contributed by atoms with E-state index in [1.54, 1.807) is 0 Å². The van der Waals surface area contributed by atoms with Crippen molar-refractivity contribution < 1.29 is 4.79 Å². The molecule has 0 spiro atoms. The quantitative estimate of drug-likeness (QED) is 0.764. The van der Waals surface area contributed by atoms with Gasteiger partial charge in [-0.15, -0.1) is 12.4 Å². The molecule has 3 N–H and O–H groups in total. The number of halogens is 1. The van der Waals surface area contributed by atoms with E-state index in [0.29, 0.717) is 24.8 Å². The minimum absolute atomic E-state index is 0. The topological polar surface area (TPSA) is 55.1 Å². The van der Waals surface area contributed by atoms with Crippen LogP contribution >= 0.6 is 12.4 Å². The molecule has 1 aromatic carbocycles. The maximum absolute atomic E-state index is 12.3. The molecule has 2 unspecified atom stereocenters. The normalized spacial score (nSPS) is 13.6. The van der Waals surface area contributed by atoms with Gasteiger partial charge in [0, 0.05) is 19.0 Å². The average molecular weight is 327 g/mol. The maximum Gasteiger partial charge on any atom is 0.220 e. The lowest BCUT2D eigenvalue weighted by Crippen LogP contribution is -2.41. The fourth-order valence-corrected chi connectivity index (χ4v) is 2.71. The van der Waals surface area contributed by atoms with E-state index in [0.717, 1.165) is 6.42 Å². The molecule has 22 heavy (non-hydrogen) atoms. The second-order valence-electron chi connectivity index (χ2n) is 6.60. The second-order valence-corrected chi connectivity index (χ2v) is 6.60. The Hall–Kier alpha value is -1.06. The molecule has 0 bridgehead atoms. The summed E-state index contributed by atoms with van der Waals surface area (Å²) < 4.78 is 0. The van der Waals surface area contributed by atoms with E-state index in [-0.39, 0.29) is 30.3 Å². The highest BCUT2D eigenvalue weighted by Gasteiger charge is 2.21. The minimum atomic E-state index is 0. The Morgan fingerprint density at radius 1 is 1.14 bits per heavy atom. The fraction of sp³-hybridized carbons (Fsp3) is 0.611. The van der Waals surface area contributed by atoms with Gasteiger partial charge in [-0.25, -0.2) is 0 Å². The van der Waals surface area contributed by atoms with E-state index in [1.807, 2.05) is 18.2 Å². The van der Waals surface area contributed by atoms with Crippen molar-refractivity contribution in [2.24, 2.45) is 17.6 Å². The van der Waals surface area contributed by atoms with Crippen molar-refractivity contribution in [3.8, 4) is 0 Å². The van der Waals surface area contributed by atoms with Gasteiger partial charge in [-0.05, 0) is 29.7 Å². The molecule has 0 aliphatic carbocycles. The molecule has 126 valence electrons. The molecule has 0 saturated heterocycles. The first-order chi connectivity index (χ1) is 9.93. The van der Waals surface area contributed by atoms with Crippen LogP contribution in [0.3, 0.4) is 0 Å². The van der Waals surface area contributed by atoms with Crippen molar-refractivity contribution in [1.29, 1.82) is 0 Å². The highest BCUT2D eigenvalue weighted by molar-refractivity contribution is 5.85. The van der Waals surface area contributed by atoms with Crippen LogP contribution in [-0.2, 0) is 4.79 Å². The van der Waals surface area contributed by atoms with Gasteiger partial charge in [0.05, 0.1) is 0 Å². The average Bonchev–Trinajstić information content (AvgIpc) is 2.44. The molecule has 0 fully saturated rings. The number of hydrogen-bond donors (Lipinski definition) is 2. The molecule has 1 amide bonds. The number of benzene rings is 1. The standard InChI is InChI=1S/C18H30N2O.ClH/c1-13(2)10-16(12-19)20-18(21)11-17(14(3)4)15-8-6-5-7-9-15;/h5-9,13-14,16-17H,10-12,19H2,1-4H3,(H,20,21);1H. The zero-order chi connectivity index (χ0) is 15.8. The summed E-state index contributed by atoms with van der Waals surface area (Å²) in [5.74, 6) is 1.32. The summed E-state index contributed by atoms with van der Waals surface area (Å²) in [6.07, 6.45) is 1.45. The Balaban J connectivity index is 0.00000441. The molecule has 0 radical (unpaired) electrons. The van der Waals surface area contributed by atoms with Gasteiger partial charge < -0.3 is 11.1 Å². The van der Waals surface area contributed by atoms with Crippen LogP contribution in [0.5, 0.6) is 0 Å². The Bertz CT molecular complexity index is 420. The van der Waals surface area contributed by atoms with Gasteiger partial charge in [0.15, 0.2) is 0 Å². The third-order valence-electron chi connectivity index (χ3n) is 3.84. The van der Waals surface area contributed by atoms with E-state index >= 15 is 0 Å². The summed E-state index contributed by atoms with van der Waals surface area (Å²) in [5, 5.41) is 3.09. The monoisotopic (exact) mass is 326 g/mol. The first kappa shape index (κ1) is 20.9. The maximum atomic E-state index is 12.3. The molecule has 4 heteroatoms. The van der Waals surface area contributed by atoms with Crippen LogP contribution < -0.4 is 11.1 Å². The molecular weight excluding hydrogens is 296 g/mol. The summed E-state index contributed by atoms with van der Waals surface area (Å²) in [7, 11) is 0. The van der Waals surface area contributed by atoms with Gasteiger partial charge >= 0.3 is 0 Å². The molecule has 0 aliphatic heterocycles. The zero-order valence-electron chi connectivity index (χ0n) is 14.2. The van der Waals surface area contributed by atoms with Crippen molar-refractivity contribution >= 4 is 18.3 Å². The third-order valence-corrected chi connectivity index (χ3v) is 3.84. The van der Waals surface area contributed by atoms with Crippen LogP contribution in [0.1, 0.15) is 52.0 Å². The first-order valence-corrected chi connectivity index (χ1v) is 7.98. The van der Waals surface area contributed by atoms with E-state index in [4.69, 9.17) is 5.73 Å². The number of hydrogen-bond acceptors (Lipinski definition) is 2. The Morgan fingerprint density at radius 2 is 1.73 bits per heavy atom. The van der Waals surface area contributed by atoms with Gasteiger partial charge in [0.2, 0.25) is 5.91 Å². The van der Waals surface area contributed by atoms with Crippen molar-refractivity contribution in [3.63, 3.8) is 0 Å². The Kier molecular flexibility index (Phi) is 10.1. The minimum Gasteiger partial charge on any atom is -0.352 e. The fourth-order valence-electron chi connectivity index (χ4n) is 2.71. The van der Waals surface area contributed by atoms with Gasteiger partial charge in [-0.3, -0.25) is 4.79 Å². The van der Waals surface area contributed by atoms with Crippen molar-refractivity contribution in [2.45, 2.75) is 52.5 Å². The molecular formula is C18H31ClN2O. The number of carbonyl (C=O) groups excluding carboxylic acids is 1. The molecule has 3 nitrogen and oxygen atoms in total. The summed E-state index contributed by atoms with van der Waals surface area (Å²) >= 11 is 0. The smallest absolute Gasteiger partial charge is 0.220 e. The lowest BCUT2D eigenvalue weighted by molar-refractivity contribution is -0.122. The third kappa shape index (κ3) is 7.28. The molecule has 1 rings (SSSR count). The molecule has 1 aromatic rings. The van der Waals surface area contributed by atoms with Crippen LogP contribution in [0.15, 0.2) is 30.3 Å².